The minimum Gasteiger partial charge on any atom is -0.308 e. The molecule has 0 N–H and O–H groups in total. The Morgan fingerprint density at radius 2 is 1.00 bits per heavy atom. The van der Waals surface area contributed by atoms with Crippen LogP contribution in [-0.2, 0) is 0 Å². The molecule has 0 fully saturated rings. The average molecular weight is 479 g/mol. The second kappa shape index (κ2) is 15.3. The van der Waals surface area contributed by atoms with Crippen molar-refractivity contribution >= 4 is 19.2 Å². The summed E-state index contributed by atoms with van der Waals surface area (Å²) in [6.45, 7) is 21.2. The van der Waals surface area contributed by atoms with Gasteiger partial charge in [0.15, 0.2) is 0 Å². The standard InChI is InChI=1S/C31H50N2Si/c1-7-11-24-32(25-12-8-2)34(6,33(26-13-9-3)27-14-10-4)31-22-20-30(21-23-31)28(5)29-18-16-15-17-19-29/h15-23H,5,7-14,24-27H2,1-4,6H3. The van der Waals surface area contributed by atoms with Crippen LogP contribution >= 0.6 is 0 Å². The maximum atomic E-state index is 4.41. The molecule has 2 aromatic rings. The van der Waals surface area contributed by atoms with Gasteiger partial charge in [0.25, 0.3) is 0 Å². The van der Waals surface area contributed by atoms with Crippen LogP contribution in [0.5, 0.6) is 0 Å². The zero-order chi connectivity index (χ0) is 24.8. The van der Waals surface area contributed by atoms with E-state index in [4.69, 9.17) is 0 Å². The number of nitrogens with zero attached hydrogens (tertiary/aromatic N) is 2. The lowest BCUT2D eigenvalue weighted by Crippen LogP contribution is -2.71. The lowest BCUT2D eigenvalue weighted by molar-refractivity contribution is 0.316. The Morgan fingerprint density at radius 1 is 0.618 bits per heavy atom. The Balaban J connectivity index is 2.48. The molecule has 34 heavy (non-hydrogen) atoms. The fourth-order valence-electron chi connectivity index (χ4n) is 4.85. The molecule has 0 saturated heterocycles. The van der Waals surface area contributed by atoms with E-state index in [0.717, 1.165) is 5.57 Å². The van der Waals surface area contributed by atoms with E-state index in [1.54, 1.807) is 5.19 Å². The summed E-state index contributed by atoms with van der Waals surface area (Å²) in [7, 11) is -2.03. The van der Waals surface area contributed by atoms with Crippen molar-refractivity contribution in [1.82, 2.24) is 9.13 Å². The van der Waals surface area contributed by atoms with E-state index in [-0.39, 0.29) is 0 Å². The third-order valence-electron chi connectivity index (χ3n) is 7.26. The van der Waals surface area contributed by atoms with E-state index < -0.39 is 8.40 Å². The molecular weight excluding hydrogens is 428 g/mol. The summed E-state index contributed by atoms with van der Waals surface area (Å²) in [6.07, 6.45) is 10.2. The number of unbranched alkanes of at least 4 members (excludes halogenated alkanes) is 4. The lowest BCUT2D eigenvalue weighted by Gasteiger charge is -2.48. The summed E-state index contributed by atoms with van der Waals surface area (Å²) in [5.41, 5.74) is 3.54. The molecule has 0 bridgehead atoms. The Hall–Kier alpha value is -1.68. The van der Waals surface area contributed by atoms with Gasteiger partial charge >= 0.3 is 0 Å². The molecule has 2 rings (SSSR count). The third kappa shape index (κ3) is 7.66. The monoisotopic (exact) mass is 478 g/mol. The fourth-order valence-corrected chi connectivity index (χ4v) is 9.15. The first-order valence-corrected chi connectivity index (χ1v) is 16.3. The third-order valence-corrected chi connectivity index (χ3v) is 12.0. The van der Waals surface area contributed by atoms with Crippen molar-refractivity contribution in [3.8, 4) is 0 Å². The molecule has 0 aliphatic carbocycles. The van der Waals surface area contributed by atoms with Crippen LogP contribution in [0.15, 0.2) is 61.2 Å². The normalized spacial score (nSPS) is 12.0. The zero-order valence-electron chi connectivity index (χ0n) is 22.8. The first kappa shape index (κ1) is 28.6. The summed E-state index contributed by atoms with van der Waals surface area (Å²) in [5.74, 6) is 0. The highest BCUT2D eigenvalue weighted by atomic mass is 28.3. The van der Waals surface area contributed by atoms with E-state index in [9.17, 15) is 0 Å². The predicted octanol–water partition coefficient (Wildman–Crippen LogP) is 7.83. The summed E-state index contributed by atoms with van der Waals surface area (Å²) >= 11 is 0. The molecule has 0 aliphatic rings. The Labute approximate surface area is 212 Å². The largest absolute Gasteiger partial charge is 0.308 e. The quantitative estimate of drug-likeness (QED) is 0.214. The van der Waals surface area contributed by atoms with Gasteiger partial charge in [-0.05, 0) is 80.3 Å². The highest BCUT2D eigenvalue weighted by Crippen LogP contribution is 2.24. The van der Waals surface area contributed by atoms with Crippen LogP contribution in [0.1, 0.15) is 90.2 Å². The van der Waals surface area contributed by atoms with Gasteiger partial charge in [-0.1, -0.05) is 115 Å². The zero-order valence-corrected chi connectivity index (χ0v) is 23.8. The lowest BCUT2D eigenvalue weighted by atomic mass is 10.00. The van der Waals surface area contributed by atoms with Crippen LogP contribution < -0.4 is 5.19 Å². The van der Waals surface area contributed by atoms with Crippen LogP contribution in [-0.4, -0.2) is 43.7 Å². The Bertz CT molecular complexity index is 779. The van der Waals surface area contributed by atoms with E-state index in [0.29, 0.717) is 0 Å². The molecule has 0 aliphatic heterocycles. The van der Waals surface area contributed by atoms with Crippen LogP contribution in [0.3, 0.4) is 0 Å². The fraction of sp³-hybridized carbons (Fsp3) is 0.548. The van der Waals surface area contributed by atoms with E-state index >= 15 is 0 Å². The smallest absolute Gasteiger partial charge is 0.236 e. The van der Waals surface area contributed by atoms with Gasteiger partial charge in [-0.3, -0.25) is 0 Å². The maximum absolute atomic E-state index is 4.41. The van der Waals surface area contributed by atoms with Gasteiger partial charge in [-0.2, -0.15) is 0 Å². The first-order chi connectivity index (χ1) is 16.5. The number of benzene rings is 2. The van der Waals surface area contributed by atoms with Crippen LogP contribution in [0.25, 0.3) is 5.57 Å². The minimum atomic E-state index is -2.03. The van der Waals surface area contributed by atoms with Crippen LogP contribution in [0.4, 0.5) is 0 Å². The molecule has 0 spiro atoms. The summed E-state index contributed by atoms with van der Waals surface area (Å²) in [6, 6.07) is 20.1. The molecule has 3 heteroatoms. The van der Waals surface area contributed by atoms with Crippen molar-refractivity contribution in [1.29, 1.82) is 0 Å². The average Bonchev–Trinajstić information content (AvgIpc) is 2.88. The summed E-state index contributed by atoms with van der Waals surface area (Å²) in [4.78, 5) is 0. The van der Waals surface area contributed by atoms with Crippen LogP contribution in [0, 0.1) is 0 Å². The SMILES string of the molecule is C=C(c1ccccc1)c1ccc([Si](C)(N(CCCC)CCCC)N(CCCC)CCCC)cc1. The van der Waals surface area contributed by atoms with Crippen molar-refractivity contribution < 1.29 is 0 Å². The van der Waals surface area contributed by atoms with E-state index in [2.05, 4.69) is 105 Å². The van der Waals surface area contributed by atoms with Gasteiger partial charge in [-0.15, -0.1) is 0 Å². The highest BCUT2D eigenvalue weighted by molar-refractivity contribution is 6.86. The van der Waals surface area contributed by atoms with Gasteiger partial charge < -0.3 is 9.13 Å². The first-order valence-electron chi connectivity index (χ1n) is 13.9. The molecule has 0 radical (unpaired) electrons. The van der Waals surface area contributed by atoms with Crippen molar-refractivity contribution in [2.45, 2.75) is 85.6 Å². The van der Waals surface area contributed by atoms with Gasteiger partial charge in [0.05, 0.1) is 0 Å². The number of hydrogen-bond acceptors (Lipinski definition) is 2. The second-order valence-electron chi connectivity index (χ2n) is 9.83. The predicted molar refractivity (Wildman–Crippen MR) is 155 cm³/mol. The van der Waals surface area contributed by atoms with Gasteiger partial charge in [0.2, 0.25) is 8.40 Å². The topological polar surface area (TPSA) is 6.48 Å². The molecule has 0 aromatic heterocycles. The van der Waals surface area contributed by atoms with Gasteiger partial charge in [0.1, 0.15) is 0 Å². The number of hydrogen-bond donors (Lipinski definition) is 0. The molecule has 0 saturated carbocycles. The summed E-state index contributed by atoms with van der Waals surface area (Å²) < 4.78 is 5.85. The van der Waals surface area contributed by atoms with E-state index in [1.165, 1.54) is 88.7 Å². The van der Waals surface area contributed by atoms with Crippen molar-refractivity contribution in [2.75, 3.05) is 26.2 Å². The maximum Gasteiger partial charge on any atom is 0.236 e. The Kier molecular flexibility index (Phi) is 12.9. The van der Waals surface area contributed by atoms with Crippen molar-refractivity contribution in [3.05, 3.63) is 72.3 Å². The molecular formula is C31H50N2Si. The van der Waals surface area contributed by atoms with Gasteiger partial charge in [0, 0.05) is 0 Å². The molecule has 0 heterocycles. The van der Waals surface area contributed by atoms with Crippen molar-refractivity contribution in [2.24, 2.45) is 0 Å². The molecule has 2 nitrogen and oxygen atoms in total. The minimum absolute atomic E-state index is 1.11. The van der Waals surface area contributed by atoms with E-state index in [1.807, 2.05) is 0 Å². The van der Waals surface area contributed by atoms with Gasteiger partial charge in [-0.25, -0.2) is 0 Å². The molecule has 0 amide bonds. The molecule has 0 atom stereocenters. The highest BCUT2D eigenvalue weighted by Gasteiger charge is 2.42. The summed E-state index contributed by atoms with van der Waals surface area (Å²) in [5, 5.41) is 1.55. The Morgan fingerprint density at radius 3 is 1.38 bits per heavy atom. The molecule has 188 valence electrons. The van der Waals surface area contributed by atoms with Crippen molar-refractivity contribution in [3.63, 3.8) is 0 Å². The second-order valence-corrected chi connectivity index (χ2v) is 13.7. The molecule has 0 unspecified atom stereocenters. The van der Waals surface area contributed by atoms with Crippen LogP contribution in [0.2, 0.25) is 6.55 Å². The number of rotatable bonds is 17. The molecule has 2 aromatic carbocycles.